The van der Waals surface area contributed by atoms with E-state index in [9.17, 15) is 4.79 Å². The summed E-state index contributed by atoms with van der Waals surface area (Å²) in [5.74, 6) is 0.0403. The minimum atomic E-state index is -0.00550. The maximum atomic E-state index is 13.3. The van der Waals surface area contributed by atoms with Gasteiger partial charge in [-0.15, -0.1) is 0 Å². The van der Waals surface area contributed by atoms with Gasteiger partial charge >= 0.3 is 0 Å². The highest BCUT2D eigenvalue weighted by atomic mass is 16.1. The number of hydrogen-bond acceptors (Lipinski definition) is 4. The molecule has 0 fully saturated rings. The molecule has 0 radical (unpaired) electrons. The van der Waals surface area contributed by atoms with Crippen LogP contribution in [0.25, 0.3) is 22.6 Å². The molecule has 1 aliphatic heterocycles. The molecule has 134 valence electrons. The fraction of sp³-hybridized carbons (Fsp3) is 0.190. The molecule has 0 aromatic carbocycles. The van der Waals surface area contributed by atoms with Crippen molar-refractivity contribution in [3.63, 3.8) is 0 Å². The molecule has 5 rings (SSSR count). The monoisotopic (exact) mass is 357 g/mol. The third kappa shape index (κ3) is 2.61. The summed E-state index contributed by atoms with van der Waals surface area (Å²) < 4.78 is 3.62. The number of nitrogens with zero attached hydrogens (tertiary/aromatic N) is 4. The molecular weight excluding hydrogens is 338 g/mol. The first-order valence-electron chi connectivity index (χ1n) is 9.08. The number of imidazole rings is 1. The number of allylic oxidation sites excluding steroid dienone is 1. The Kier molecular flexibility index (Phi) is 3.57. The molecule has 4 aromatic rings. The van der Waals surface area contributed by atoms with Crippen LogP contribution in [0.3, 0.4) is 0 Å². The van der Waals surface area contributed by atoms with Crippen molar-refractivity contribution in [1.29, 1.82) is 0 Å². The zero-order valence-electron chi connectivity index (χ0n) is 15.0. The van der Waals surface area contributed by atoms with E-state index in [-0.39, 0.29) is 11.5 Å². The number of aryl methyl sites for hydroxylation is 1. The first-order chi connectivity index (χ1) is 13.2. The number of fused-ring (bicyclic) bond motifs is 2. The Hall–Kier alpha value is -3.41. The quantitative estimate of drug-likeness (QED) is 0.599. The van der Waals surface area contributed by atoms with Crippen molar-refractivity contribution < 1.29 is 0 Å². The molecule has 6 heteroatoms. The van der Waals surface area contributed by atoms with E-state index in [2.05, 4.69) is 16.4 Å². The lowest BCUT2D eigenvalue weighted by atomic mass is 9.91. The molecule has 0 aliphatic carbocycles. The van der Waals surface area contributed by atoms with Crippen LogP contribution < -0.4 is 10.9 Å². The molecule has 1 atom stereocenters. The van der Waals surface area contributed by atoms with Crippen molar-refractivity contribution in [2.45, 2.75) is 19.3 Å². The Labute approximate surface area is 155 Å². The second kappa shape index (κ2) is 6.09. The van der Waals surface area contributed by atoms with Crippen LogP contribution in [-0.4, -0.2) is 25.3 Å². The summed E-state index contributed by atoms with van der Waals surface area (Å²) in [6.45, 7) is 2.82. The van der Waals surface area contributed by atoms with Gasteiger partial charge in [0.05, 0.1) is 17.0 Å². The fourth-order valence-electron chi connectivity index (χ4n) is 3.76. The first-order valence-corrected chi connectivity index (χ1v) is 9.08. The van der Waals surface area contributed by atoms with Crippen molar-refractivity contribution in [1.82, 2.24) is 24.1 Å². The molecule has 27 heavy (non-hydrogen) atoms. The van der Waals surface area contributed by atoms with Gasteiger partial charge in [-0.05, 0) is 43.8 Å². The number of pyridine rings is 2. The highest BCUT2D eigenvalue weighted by molar-refractivity contribution is 5.67. The van der Waals surface area contributed by atoms with E-state index in [1.54, 1.807) is 10.6 Å². The molecule has 0 saturated carbocycles. The highest BCUT2D eigenvalue weighted by Gasteiger charge is 2.22. The van der Waals surface area contributed by atoms with Crippen molar-refractivity contribution >= 4 is 11.3 Å². The molecule has 0 amide bonds. The summed E-state index contributed by atoms with van der Waals surface area (Å²) in [5.41, 5.74) is 4.90. The molecule has 0 spiro atoms. The zero-order valence-corrected chi connectivity index (χ0v) is 15.0. The van der Waals surface area contributed by atoms with Gasteiger partial charge in [0.1, 0.15) is 11.3 Å². The van der Waals surface area contributed by atoms with Crippen molar-refractivity contribution in [2.24, 2.45) is 0 Å². The minimum absolute atomic E-state index is 0.00550. The molecule has 4 aromatic heterocycles. The van der Waals surface area contributed by atoms with Gasteiger partial charge in [0.25, 0.3) is 5.56 Å². The van der Waals surface area contributed by atoms with E-state index in [0.717, 1.165) is 41.1 Å². The van der Waals surface area contributed by atoms with Crippen LogP contribution in [0, 0.1) is 6.92 Å². The third-order valence-electron chi connectivity index (χ3n) is 5.03. The fourth-order valence-corrected chi connectivity index (χ4v) is 3.76. The summed E-state index contributed by atoms with van der Waals surface area (Å²) in [6.07, 6.45) is 10.6. The zero-order chi connectivity index (χ0) is 18.4. The average molecular weight is 357 g/mol. The minimum Gasteiger partial charge on any atom is -0.391 e. The van der Waals surface area contributed by atoms with Crippen LogP contribution in [0.15, 0.2) is 66.0 Å². The Morgan fingerprint density at radius 3 is 2.89 bits per heavy atom. The molecular formula is C21H19N5O. The second-order valence-corrected chi connectivity index (χ2v) is 6.88. The van der Waals surface area contributed by atoms with Gasteiger partial charge in [0, 0.05) is 36.6 Å². The summed E-state index contributed by atoms with van der Waals surface area (Å²) in [4.78, 5) is 22.7. The summed E-state index contributed by atoms with van der Waals surface area (Å²) in [7, 11) is 0. The lowest BCUT2D eigenvalue weighted by Gasteiger charge is -2.20. The average Bonchev–Trinajstić information content (AvgIpc) is 3.07. The van der Waals surface area contributed by atoms with E-state index in [0.29, 0.717) is 5.65 Å². The Bertz CT molecular complexity index is 1250. The number of hydrogen-bond donors (Lipinski definition) is 1. The molecule has 1 N–H and O–H groups in total. The molecule has 0 saturated heterocycles. The second-order valence-electron chi connectivity index (χ2n) is 6.88. The summed E-state index contributed by atoms with van der Waals surface area (Å²) in [5, 5.41) is 3.21. The molecule has 1 unspecified atom stereocenters. The topological polar surface area (TPSA) is 63.7 Å². The Morgan fingerprint density at radius 2 is 2.04 bits per heavy atom. The van der Waals surface area contributed by atoms with Crippen LogP contribution >= 0.6 is 0 Å². The van der Waals surface area contributed by atoms with Crippen LogP contribution in [0.4, 0.5) is 0 Å². The van der Waals surface area contributed by atoms with Gasteiger partial charge in [0.2, 0.25) is 0 Å². The van der Waals surface area contributed by atoms with Crippen molar-refractivity contribution in [2.75, 3.05) is 6.54 Å². The SMILES string of the molecule is Cc1cn2cc(-c3nc4ccccn4c(=O)c3C3C=CNCC3)ccc2n1. The third-order valence-corrected chi connectivity index (χ3v) is 5.03. The van der Waals surface area contributed by atoms with E-state index >= 15 is 0 Å². The van der Waals surface area contributed by atoms with Gasteiger partial charge in [-0.2, -0.15) is 0 Å². The number of aromatic nitrogens is 4. The van der Waals surface area contributed by atoms with Crippen molar-refractivity contribution in [3.05, 3.63) is 82.8 Å². The Balaban J connectivity index is 1.81. The summed E-state index contributed by atoms with van der Waals surface area (Å²) >= 11 is 0. The van der Waals surface area contributed by atoms with Gasteiger partial charge in [-0.1, -0.05) is 12.1 Å². The van der Waals surface area contributed by atoms with Crippen molar-refractivity contribution in [3.8, 4) is 11.3 Å². The van der Waals surface area contributed by atoms with Gasteiger partial charge in [-0.25, -0.2) is 9.97 Å². The van der Waals surface area contributed by atoms with E-state index in [1.165, 1.54) is 0 Å². The predicted molar refractivity (Wildman–Crippen MR) is 105 cm³/mol. The molecule has 5 heterocycles. The van der Waals surface area contributed by atoms with Gasteiger partial charge in [-0.3, -0.25) is 9.20 Å². The largest absolute Gasteiger partial charge is 0.391 e. The maximum absolute atomic E-state index is 13.3. The Morgan fingerprint density at radius 1 is 1.11 bits per heavy atom. The van der Waals surface area contributed by atoms with E-state index in [4.69, 9.17) is 4.98 Å². The van der Waals surface area contributed by atoms with Crippen LogP contribution in [-0.2, 0) is 0 Å². The number of nitrogens with one attached hydrogen (secondary N) is 1. The highest BCUT2D eigenvalue weighted by Crippen LogP contribution is 2.29. The van der Waals surface area contributed by atoms with E-state index < -0.39 is 0 Å². The van der Waals surface area contributed by atoms with Crippen LogP contribution in [0.1, 0.15) is 23.6 Å². The maximum Gasteiger partial charge on any atom is 0.262 e. The first kappa shape index (κ1) is 15.8. The van der Waals surface area contributed by atoms with E-state index in [1.807, 2.05) is 60.2 Å². The van der Waals surface area contributed by atoms with Gasteiger partial charge < -0.3 is 9.72 Å². The lowest BCUT2D eigenvalue weighted by Crippen LogP contribution is -2.26. The lowest BCUT2D eigenvalue weighted by molar-refractivity contribution is 0.650. The van der Waals surface area contributed by atoms with Crippen LogP contribution in [0.5, 0.6) is 0 Å². The number of rotatable bonds is 2. The van der Waals surface area contributed by atoms with Crippen LogP contribution in [0.2, 0.25) is 0 Å². The predicted octanol–water partition coefficient (Wildman–Crippen LogP) is 2.91. The molecule has 6 nitrogen and oxygen atoms in total. The van der Waals surface area contributed by atoms with Gasteiger partial charge in [0.15, 0.2) is 0 Å². The summed E-state index contributed by atoms with van der Waals surface area (Å²) in [6, 6.07) is 9.60. The normalized spacial score (nSPS) is 16.7. The molecule has 1 aliphatic rings. The molecule has 0 bridgehead atoms. The smallest absolute Gasteiger partial charge is 0.262 e. The standard InChI is InChI=1S/C21H19N5O/c1-14-12-25-13-16(5-6-17(25)23-14)20-19(15-7-9-22-10-8-15)21(27)26-11-3-2-4-18(26)24-20/h2-7,9,11-13,15,22H,8,10H2,1H3.